The first kappa shape index (κ1) is 17.7. The van der Waals surface area contributed by atoms with Gasteiger partial charge in [0.15, 0.2) is 5.82 Å². The van der Waals surface area contributed by atoms with Crippen LogP contribution in [0.15, 0.2) is 36.7 Å². The molecule has 142 valence electrons. The van der Waals surface area contributed by atoms with E-state index in [1.807, 2.05) is 36.0 Å². The van der Waals surface area contributed by atoms with Crippen LogP contribution in [0, 0.1) is 0 Å². The van der Waals surface area contributed by atoms with Crippen LogP contribution in [-0.4, -0.2) is 60.2 Å². The fourth-order valence-electron chi connectivity index (χ4n) is 3.51. The number of carbonyl (C=O) groups excluding carboxylic acids is 1. The predicted molar refractivity (Wildman–Crippen MR) is 101 cm³/mol. The Bertz CT molecular complexity index is 826. The molecule has 2 aliphatic rings. The number of fused-ring (bicyclic) bond motifs is 1. The molecule has 1 fully saturated rings. The predicted octanol–water partition coefficient (Wildman–Crippen LogP) is 1.66. The lowest BCUT2D eigenvalue weighted by molar-refractivity contribution is -0.144. The Labute approximate surface area is 158 Å². The summed E-state index contributed by atoms with van der Waals surface area (Å²) in [4.78, 5) is 25.2. The summed E-state index contributed by atoms with van der Waals surface area (Å²) < 4.78 is 11.8. The number of ether oxygens (including phenoxy) is 2. The Hall–Kier alpha value is -2.67. The van der Waals surface area contributed by atoms with Gasteiger partial charge in [0.25, 0.3) is 5.91 Å². The molecule has 0 saturated carbocycles. The van der Waals surface area contributed by atoms with E-state index in [0.29, 0.717) is 32.0 Å². The van der Waals surface area contributed by atoms with Crippen molar-refractivity contribution in [3.8, 4) is 5.88 Å². The third-order valence-corrected chi connectivity index (χ3v) is 5.04. The second kappa shape index (κ2) is 7.52. The fraction of sp³-hybridized carbons (Fsp3) is 0.450. The van der Waals surface area contributed by atoms with Crippen LogP contribution in [0.4, 0.5) is 5.82 Å². The molecule has 1 aromatic heterocycles. The summed E-state index contributed by atoms with van der Waals surface area (Å²) >= 11 is 0. The van der Waals surface area contributed by atoms with Gasteiger partial charge < -0.3 is 19.3 Å². The molecule has 2 atom stereocenters. The monoisotopic (exact) mass is 368 g/mol. The molecule has 2 aromatic rings. The van der Waals surface area contributed by atoms with Crippen molar-refractivity contribution in [3.05, 3.63) is 47.8 Å². The largest absolute Gasteiger partial charge is 0.471 e. The highest BCUT2D eigenvalue weighted by molar-refractivity contribution is 5.82. The molecular weight excluding hydrogens is 344 g/mol. The molecule has 3 heterocycles. The van der Waals surface area contributed by atoms with Gasteiger partial charge in [-0.3, -0.25) is 9.78 Å². The summed E-state index contributed by atoms with van der Waals surface area (Å²) in [7, 11) is 3.82. The molecule has 0 unspecified atom stereocenters. The van der Waals surface area contributed by atoms with Gasteiger partial charge in [0, 0.05) is 33.5 Å². The lowest BCUT2D eigenvalue weighted by atomic mass is 9.98. The van der Waals surface area contributed by atoms with Gasteiger partial charge in [-0.15, -0.1) is 0 Å². The maximum Gasteiger partial charge on any atom is 0.252 e. The number of nitrogens with zero attached hydrogens (tertiary/aromatic N) is 4. The van der Waals surface area contributed by atoms with E-state index < -0.39 is 6.10 Å². The van der Waals surface area contributed by atoms with Crippen molar-refractivity contribution in [2.75, 3.05) is 32.1 Å². The Morgan fingerprint density at radius 2 is 2.07 bits per heavy atom. The zero-order chi connectivity index (χ0) is 18.8. The summed E-state index contributed by atoms with van der Waals surface area (Å²) in [6.45, 7) is 1.72. The molecule has 7 heteroatoms. The molecule has 1 amide bonds. The van der Waals surface area contributed by atoms with Crippen LogP contribution in [0.3, 0.4) is 0 Å². The highest BCUT2D eigenvalue weighted by Crippen LogP contribution is 2.24. The van der Waals surface area contributed by atoms with Crippen molar-refractivity contribution in [2.24, 2.45) is 0 Å². The molecule has 2 aliphatic heterocycles. The van der Waals surface area contributed by atoms with E-state index in [2.05, 4.69) is 22.1 Å². The number of rotatable bonds is 4. The highest BCUT2D eigenvalue weighted by Gasteiger charge is 2.34. The van der Waals surface area contributed by atoms with Crippen LogP contribution in [-0.2, 0) is 22.6 Å². The second-order valence-electron chi connectivity index (χ2n) is 7.20. The summed E-state index contributed by atoms with van der Waals surface area (Å²) in [6, 6.07) is 8.14. The SMILES string of the molecule is CN(C)c1cncc(O[C@@H]2CCN(C(=O)[C@H]3Cc4ccccc4CO3)C2)n1. The van der Waals surface area contributed by atoms with Gasteiger partial charge in [-0.25, -0.2) is 0 Å². The zero-order valence-corrected chi connectivity index (χ0v) is 15.7. The maximum absolute atomic E-state index is 12.9. The minimum atomic E-state index is -0.407. The molecule has 0 spiro atoms. The Morgan fingerprint density at radius 3 is 2.89 bits per heavy atom. The lowest BCUT2D eigenvalue weighted by Gasteiger charge is -2.28. The second-order valence-corrected chi connectivity index (χ2v) is 7.20. The van der Waals surface area contributed by atoms with Gasteiger partial charge in [-0.1, -0.05) is 24.3 Å². The fourth-order valence-corrected chi connectivity index (χ4v) is 3.51. The van der Waals surface area contributed by atoms with E-state index in [1.54, 1.807) is 12.4 Å². The summed E-state index contributed by atoms with van der Waals surface area (Å²) in [5, 5.41) is 0. The molecule has 1 saturated heterocycles. The first-order chi connectivity index (χ1) is 13.1. The Morgan fingerprint density at radius 1 is 1.26 bits per heavy atom. The number of amides is 1. The first-order valence-electron chi connectivity index (χ1n) is 9.23. The van der Waals surface area contributed by atoms with Crippen LogP contribution in [0.2, 0.25) is 0 Å². The van der Waals surface area contributed by atoms with Crippen molar-refractivity contribution in [2.45, 2.75) is 31.7 Å². The smallest absolute Gasteiger partial charge is 0.252 e. The number of hydrogen-bond donors (Lipinski definition) is 0. The van der Waals surface area contributed by atoms with Crippen molar-refractivity contribution in [1.82, 2.24) is 14.9 Å². The van der Waals surface area contributed by atoms with Gasteiger partial charge in [0.1, 0.15) is 12.2 Å². The average molecular weight is 368 g/mol. The topological polar surface area (TPSA) is 67.8 Å². The van der Waals surface area contributed by atoms with Crippen LogP contribution < -0.4 is 9.64 Å². The van der Waals surface area contributed by atoms with E-state index >= 15 is 0 Å². The Kier molecular flexibility index (Phi) is 4.94. The third kappa shape index (κ3) is 3.88. The van der Waals surface area contributed by atoms with Gasteiger partial charge in [0.05, 0.1) is 25.5 Å². The quantitative estimate of drug-likeness (QED) is 0.818. The van der Waals surface area contributed by atoms with E-state index in [-0.39, 0.29) is 12.0 Å². The van der Waals surface area contributed by atoms with Crippen LogP contribution in [0.25, 0.3) is 0 Å². The van der Waals surface area contributed by atoms with Gasteiger partial charge in [-0.05, 0) is 11.1 Å². The number of benzene rings is 1. The molecule has 0 radical (unpaired) electrons. The van der Waals surface area contributed by atoms with E-state index in [9.17, 15) is 4.79 Å². The summed E-state index contributed by atoms with van der Waals surface area (Å²) in [5.41, 5.74) is 2.37. The highest BCUT2D eigenvalue weighted by atomic mass is 16.5. The third-order valence-electron chi connectivity index (χ3n) is 5.04. The van der Waals surface area contributed by atoms with Gasteiger partial charge in [0.2, 0.25) is 5.88 Å². The number of hydrogen-bond acceptors (Lipinski definition) is 6. The van der Waals surface area contributed by atoms with E-state index in [4.69, 9.17) is 9.47 Å². The molecular formula is C20H24N4O3. The zero-order valence-electron chi connectivity index (χ0n) is 15.7. The van der Waals surface area contributed by atoms with E-state index in [1.165, 1.54) is 11.1 Å². The van der Waals surface area contributed by atoms with Crippen LogP contribution in [0.1, 0.15) is 17.5 Å². The molecule has 27 heavy (non-hydrogen) atoms. The average Bonchev–Trinajstić information content (AvgIpc) is 3.15. The number of anilines is 1. The Balaban J connectivity index is 1.36. The molecule has 1 aromatic carbocycles. The standard InChI is InChI=1S/C20H24N4O3/c1-23(2)18-10-21-11-19(22-18)27-16-7-8-24(12-16)20(25)17-9-14-5-3-4-6-15(14)13-26-17/h3-6,10-11,16-17H,7-9,12-13H2,1-2H3/t16-,17-/m1/s1. The maximum atomic E-state index is 12.9. The van der Waals surface area contributed by atoms with Crippen molar-refractivity contribution >= 4 is 11.7 Å². The minimum Gasteiger partial charge on any atom is -0.471 e. The molecule has 4 rings (SSSR count). The molecule has 7 nitrogen and oxygen atoms in total. The van der Waals surface area contributed by atoms with Gasteiger partial charge in [-0.2, -0.15) is 4.98 Å². The van der Waals surface area contributed by atoms with E-state index in [0.717, 1.165) is 12.2 Å². The normalized spacial score (nSPS) is 21.6. The van der Waals surface area contributed by atoms with Gasteiger partial charge >= 0.3 is 0 Å². The molecule has 0 bridgehead atoms. The molecule has 0 N–H and O–H groups in total. The number of aromatic nitrogens is 2. The van der Waals surface area contributed by atoms with Crippen LogP contribution >= 0.6 is 0 Å². The van der Waals surface area contributed by atoms with Crippen LogP contribution in [0.5, 0.6) is 5.88 Å². The first-order valence-corrected chi connectivity index (χ1v) is 9.23. The van der Waals surface area contributed by atoms with Crippen molar-refractivity contribution in [1.29, 1.82) is 0 Å². The summed E-state index contributed by atoms with van der Waals surface area (Å²) in [5.74, 6) is 1.28. The number of likely N-dealkylation sites (tertiary alicyclic amines) is 1. The van der Waals surface area contributed by atoms with Crippen molar-refractivity contribution < 1.29 is 14.3 Å². The molecule has 0 aliphatic carbocycles. The minimum absolute atomic E-state index is 0.0451. The summed E-state index contributed by atoms with van der Waals surface area (Å²) in [6.07, 6.45) is 4.23. The number of carbonyl (C=O) groups is 1. The van der Waals surface area contributed by atoms with Crippen molar-refractivity contribution in [3.63, 3.8) is 0 Å². The lowest BCUT2D eigenvalue weighted by Crippen LogP contribution is -2.42.